The van der Waals surface area contributed by atoms with Crippen LogP contribution in [0.2, 0.25) is 0 Å². The quantitative estimate of drug-likeness (QED) is 0.800. The molecule has 1 heterocycles. The largest absolute Gasteiger partial charge is 0.481 e. The van der Waals surface area contributed by atoms with E-state index >= 15 is 0 Å². The fraction of sp³-hybridized carbons (Fsp3) is 0.818. The third-order valence-electron chi connectivity index (χ3n) is 1.87. The summed E-state index contributed by atoms with van der Waals surface area (Å²) < 4.78 is 10.4. The first-order valence-corrected chi connectivity index (χ1v) is 5.60. The van der Waals surface area contributed by atoms with Gasteiger partial charge in [0.05, 0.1) is 6.61 Å². The third kappa shape index (κ3) is 5.58. The van der Waals surface area contributed by atoms with Gasteiger partial charge in [-0.25, -0.2) is 4.79 Å². The Kier molecular flexibility index (Phi) is 4.58. The molecule has 5 heteroatoms. The Balaban J connectivity index is 2.15. The highest BCUT2D eigenvalue weighted by atomic mass is 16.6. The van der Waals surface area contributed by atoms with Gasteiger partial charge in [0.25, 0.3) is 0 Å². The number of amides is 1. The van der Waals surface area contributed by atoms with Crippen molar-refractivity contribution in [3.8, 4) is 0 Å². The number of carbonyl (C=O) groups is 1. The molecule has 0 aliphatic carbocycles. The summed E-state index contributed by atoms with van der Waals surface area (Å²) in [5, 5.41) is 2.66. The van der Waals surface area contributed by atoms with Gasteiger partial charge in [-0.2, -0.15) is 0 Å². The van der Waals surface area contributed by atoms with Gasteiger partial charge in [-0.05, 0) is 20.8 Å². The summed E-state index contributed by atoms with van der Waals surface area (Å²) in [5.74, 6) is 0.724. The fourth-order valence-electron chi connectivity index (χ4n) is 1.24. The number of ether oxygens (including phenoxy) is 2. The van der Waals surface area contributed by atoms with Crippen LogP contribution < -0.4 is 5.32 Å². The molecule has 1 rings (SSSR count). The smallest absolute Gasteiger partial charge is 0.407 e. The predicted octanol–water partition coefficient (Wildman–Crippen LogP) is 1.72. The molecular weight excluding hydrogens is 208 g/mol. The number of nitrogens with one attached hydrogen (secondary N) is 1. The van der Waals surface area contributed by atoms with Crippen LogP contribution in [0, 0.1) is 0 Å². The summed E-state index contributed by atoms with van der Waals surface area (Å²) in [7, 11) is 0. The van der Waals surface area contributed by atoms with E-state index in [9.17, 15) is 4.79 Å². The van der Waals surface area contributed by atoms with Crippen molar-refractivity contribution in [1.29, 1.82) is 0 Å². The molecule has 1 amide bonds. The Morgan fingerprint density at radius 1 is 1.56 bits per heavy atom. The molecular formula is C11H20N2O3. The van der Waals surface area contributed by atoms with Crippen molar-refractivity contribution in [3.63, 3.8) is 0 Å². The van der Waals surface area contributed by atoms with Crippen molar-refractivity contribution in [3.05, 3.63) is 0 Å². The van der Waals surface area contributed by atoms with E-state index in [2.05, 4.69) is 10.3 Å². The molecule has 1 N–H and O–H groups in total. The number of alkyl carbamates (subject to hydrolysis) is 1. The van der Waals surface area contributed by atoms with Crippen LogP contribution in [0.4, 0.5) is 4.79 Å². The molecule has 1 aliphatic rings. The predicted molar refractivity (Wildman–Crippen MR) is 61.7 cm³/mol. The molecule has 0 aromatic heterocycles. The lowest BCUT2D eigenvalue weighted by Crippen LogP contribution is -2.34. The highest BCUT2D eigenvalue weighted by Gasteiger charge is 2.15. The summed E-state index contributed by atoms with van der Waals surface area (Å²) in [6, 6.07) is 0. The zero-order chi connectivity index (χ0) is 12.0. The topological polar surface area (TPSA) is 59.9 Å². The lowest BCUT2D eigenvalue weighted by molar-refractivity contribution is 0.0529. The first-order chi connectivity index (χ1) is 7.47. The second-order valence-corrected chi connectivity index (χ2v) is 4.66. The second kappa shape index (κ2) is 5.72. The van der Waals surface area contributed by atoms with E-state index in [0.717, 1.165) is 25.5 Å². The zero-order valence-electron chi connectivity index (χ0n) is 10.2. The highest BCUT2D eigenvalue weighted by Crippen LogP contribution is 2.06. The van der Waals surface area contributed by atoms with Crippen molar-refractivity contribution in [2.75, 3.05) is 19.7 Å². The minimum atomic E-state index is -0.455. The number of aliphatic imine (C=N–C) groups is 1. The third-order valence-corrected chi connectivity index (χ3v) is 1.87. The molecule has 1 aliphatic heterocycles. The molecule has 0 unspecified atom stereocenters. The Hall–Kier alpha value is -1.26. The van der Waals surface area contributed by atoms with E-state index in [1.54, 1.807) is 0 Å². The average molecular weight is 228 g/mol. The molecule has 92 valence electrons. The number of carbonyl (C=O) groups excluding carboxylic acids is 1. The number of rotatable bonds is 3. The Bertz CT molecular complexity index is 269. The van der Waals surface area contributed by atoms with Gasteiger partial charge in [0.1, 0.15) is 5.60 Å². The van der Waals surface area contributed by atoms with Crippen molar-refractivity contribution in [2.45, 2.75) is 39.2 Å². The standard InChI is InChI=1S/C11H20N2O3/c1-11(2,3)16-10(14)13-7-5-9-12-6-4-8-15-9/h4-8H2,1-3H3,(H,13,14). The second-order valence-electron chi connectivity index (χ2n) is 4.66. The first-order valence-electron chi connectivity index (χ1n) is 5.60. The maximum Gasteiger partial charge on any atom is 0.407 e. The van der Waals surface area contributed by atoms with Gasteiger partial charge in [0.15, 0.2) is 5.90 Å². The van der Waals surface area contributed by atoms with Crippen LogP contribution in [0.3, 0.4) is 0 Å². The molecule has 0 atom stereocenters. The minimum Gasteiger partial charge on any atom is -0.481 e. The molecule has 0 spiro atoms. The summed E-state index contributed by atoms with van der Waals surface area (Å²) in [6.07, 6.45) is 1.20. The molecule has 0 saturated heterocycles. The van der Waals surface area contributed by atoms with E-state index in [-0.39, 0.29) is 0 Å². The van der Waals surface area contributed by atoms with E-state index in [4.69, 9.17) is 9.47 Å². The van der Waals surface area contributed by atoms with Crippen LogP contribution in [-0.2, 0) is 9.47 Å². The number of hydrogen-bond acceptors (Lipinski definition) is 4. The van der Waals surface area contributed by atoms with Crippen molar-refractivity contribution in [2.24, 2.45) is 4.99 Å². The monoisotopic (exact) mass is 228 g/mol. The highest BCUT2D eigenvalue weighted by molar-refractivity contribution is 5.77. The molecule has 0 saturated carbocycles. The van der Waals surface area contributed by atoms with Gasteiger partial charge >= 0.3 is 6.09 Å². The van der Waals surface area contributed by atoms with Crippen molar-refractivity contribution in [1.82, 2.24) is 5.32 Å². The molecule has 5 nitrogen and oxygen atoms in total. The van der Waals surface area contributed by atoms with Gasteiger partial charge in [-0.3, -0.25) is 4.99 Å². The fourth-order valence-corrected chi connectivity index (χ4v) is 1.24. The lowest BCUT2D eigenvalue weighted by atomic mass is 10.2. The Labute approximate surface area is 96.2 Å². The van der Waals surface area contributed by atoms with Crippen molar-refractivity contribution >= 4 is 12.0 Å². The molecule has 16 heavy (non-hydrogen) atoms. The van der Waals surface area contributed by atoms with Gasteiger partial charge in [0.2, 0.25) is 0 Å². The normalized spacial score (nSPS) is 16.1. The van der Waals surface area contributed by atoms with Gasteiger partial charge in [-0.1, -0.05) is 0 Å². The van der Waals surface area contributed by atoms with Gasteiger partial charge in [-0.15, -0.1) is 0 Å². The molecule has 0 aromatic carbocycles. The maximum absolute atomic E-state index is 11.3. The molecule has 0 radical (unpaired) electrons. The SMILES string of the molecule is CC(C)(C)OC(=O)NCCC1=NCCCO1. The van der Waals surface area contributed by atoms with Gasteiger partial charge in [0, 0.05) is 25.9 Å². The Morgan fingerprint density at radius 2 is 2.31 bits per heavy atom. The molecule has 0 aromatic rings. The van der Waals surface area contributed by atoms with Crippen LogP contribution in [0.25, 0.3) is 0 Å². The van der Waals surface area contributed by atoms with Crippen LogP contribution in [0.1, 0.15) is 33.6 Å². The molecule has 0 bridgehead atoms. The lowest BCUT2D eigenvalue weighted by Gasteiger charge is -2.20. The average Bonchev–Trinajstić information content (AvgIpc) is 2.16. The summed E-state index contributed by atoms with van der Waals surface area (Å²) in [5.41, 5.74) is -0.455. The summed E-state index contributed by atoms with van der Waals surface area (Å²) >= 11 is 0. The van der Waals surface area contributed by atoms with Crippen LogP contribution in [0.15, 0.2) is 4.99 Å². The molecule has 0 fully saturated rings. The minimum absolute atomic E-state index is 0.399. The van der Waals surface area contributed by atoms with Crippen LogP contribution in [0.5, 0.6) is 0 Å². The van der Waals surface area contributed by atoms with E-state index in [1.165, 1.54) is 0 Å². The number of nitrogens with zero attached hydrogens (tertiary/aromatic N) is 1. The van der Waals surface area contributed by atoms with E-state index in [1.807, 2.05) is 20.8 Å². The van der Waals surface area contributed by atoms with Crippen molar-refractivity contribution < 1.29 is 14.3 Å². The maximum atomic E-state index is 11.3. The Morgan fingerprint density at radius 3 is 2.88 bits per heavy atom. The summed E-state index contributed by atoms with van der Waals surface area (Å²) in [4.78, 5) is 15.5. The van der Waals surface area contributed by atoms with Crippen LogP contribution in [-0.4, -0.2) is 37.3 Å². The first kappa shape index (κ1) is 12.8. The number of hydrogen-bond donors (Lipinski definition) is 1. The van der Waals surface area contributed by atoms with Gasteiger partial charge < -0.3 is 14.8 Å². The summed E-state index contributed by atoms with van der Waals surface area (Å²) in [6.45, 7) is 7.55. The van der Waals surface area contributed by atoms with E-state index in [0.29, 0.717) is 13.0 Å². The van der Waals surface area contributed by atoms with E-state index < -0.39 is 11.7 Å². The van der Waals surface area contributed by atoms with Crippen LogP contribution >= 0.6 is 0 Å². The zero-order valence-corrected chi connectivity index (χ0v) is 10.2.